The molecule has 27 heavy (non-hydrogen) atoms. The average Bonchev–Trinajstić information content (AvgIpc) is 3.49. The van der Waals surface area contributed by atoms with Crippen molar-refractivity contribution in [3.63, 3.8) is 0 Å². The van der Waals surface area contributed by atoms with Crippen molar-refractivity contribution in [2.75, 3.05) is 13.2 Å². The van der Waals surface area contributed by atoms with Crippen LogP contribution in [-0.4, -0.2) is 27.7 Å². The molecule has 0 radical (unpaired) electrons. The maximum absolute atomic E-state index is 6.12. The Labute approximate surface area is 158 Å². The van der Waals surface area contributed by atoms with Crippen LogP contribution in [0, 0.1) is 5.92 Å². The summed E-state index contributed by atoms with van der Waals surface area (Å²) >= 11 is 0. The molecule has 2 fully saturated rings. The molecule has 3 N–H and O–H groups in total. The summed E-state index contributed by atoms with van der Waals surface area (Å²) in [4.78, 5) is 9.52. The third kappa shape index (κ3) is 3.14. The SMILES string of the molecule is N/C(=C\NCc1nc2cnc3ccccc3c2n1C1CCOCC1)C1CC1. The van der Waals surface area contributed by atoms with E-state index in [-0.39, 0.29) is 0 Å². The number of para-hydroxylation sites is 1. The Morgan fingerprint density at radius 2 is 2.00 bits per heavy atom. The van der Waals surface area contributed by atoms with Crippen LogP contribution in [0.3, 0.4) is 0 Å². The predicted molar refractivity (Wildman–Crippen MR) is 106 cm³/mol. The molecule has 6 heteroatoms. The van der Waals surface area contributed by atoms with Gasteiger partial charge in [0.1, 0.15) is 11.3 Å². The number of fused-ring (bicyclic) bond motifs is 3. The number of hydrogen-bond donors (Lipinski definition) is 2. The van der Waals surface area contributed by atoms with E-state index < -0.39 is 0 Å². The van der Waals surface area contributed by atoms with Crippen LogP contribution in [0.4, 0.5) is 0 Å². The monoisotopic (exact) mass is 363 g/mol. The van der Waals surface area contributed by atoms with Gasteiger partial charge in [-0.15, -0.1) is 0 Å². The van der Waals surface area contributed by atoms with Gasteiger partial charge in [0.25, 0.3) is 0 Å². The number of ether oxygens (including phenoxy) is 1. The van der Waals surface area contributed by atoms with Crippen molar-refractivity contribution in [2.24, 2.45) is 11.7 Å². The van der Waals surface area contributed by atoms with E-state index in [4.69, 9.17) is 15.5 Å². The summed E-state index contributed by atoms with van der Waals surface area (Å²) in [6, 6.07) is 8.71. The maximum Gasteiger partial charge on any atom is 0.129 e. The van der Waals surface area contributed by atoms with Crippen LogP contribution < -0.4 is 11.1 Å². The summed E-state index contributed by atoms with van der Waals surface area (Å²) in [5.41, 5.74) is 10.2. The molecule has 1 aromatic carbocycles. The Morgan fingerprint density at radius 1 is 1.19 bits per heavy atom. The molecule has 140 valence electrons. The first-order valence-corrected chi connectivity index (χ1v) is 9.82. The van der Waals surface area contributed by atoms with Gasteiger partial charge < -0.3 is 20.4 Å². The van der Waals surface area contributed by atoms with E-state index >= 15 is 0 Å². The highest BCUT2D eigenvalue weighted by atomic mass is 16.5. The van der Waals surface area contributed by atoms with Crippen LogP contribution in [0.15, 0.2) is 42.4 Å². The molecular weight excluding hydrogens is 338 g/mol. The highest BCUT2D eigenvalue weighted by Gasteiger charge is 2.25. The van der Waals surface area contributed by atoms with E-state index in [0.29, 0.717) is 18.5 Å². The number of nitrogens with two attached hydrogens (primary N) is 1. The third-order valence-electron chi connectivity index (χ3n) is 5.63. The molecule has 0 amide bonds. The number of hydrogen-bond acceptors (Lipinski definition) is 5. The van der Waals surface area contributed by atoms with Crippen molar-refractivity contribution >= 4 is 21.9 Å². The van der Waals surface area contributed by atoms with E-state index in [1.807, 2.05) is 18.5 Å². The van der Waals surface area contributed by atoms with Crippen molar-refractivity contribution in [3.05, 3.63) is 48.2 Å². The van der Waals surface area contributed by atoms with Crippen molar-refractivity contribution in [3.8, 4) is 0 Å². The number of imidazole rings is 1. The lowest BCUT2D eigenvalue weighted by molar-refractivity contribution is 0.0698. The first kappa shape index (κ1) is 16.6. The largest absolute Gasteiger partial charge is 0.401 e. The molecular formula is C21H25N5O. The van der Waals surface area contributed by atoms with Gasteiger partial charge in [-0.05, 0) is 37.7 Å². The van der Waals surface area contributed by atoms with Crippen molar-refractivity contribution in [1.29, 1.82) is 0 Å². The second kappa shape index (κ2) is 6.85. The van der Waals surface area contributed by atoms with Gasteiger partial charge in [-0.2, -0.15) is 0 Å². The number of benzene rings is 1. The number of rotatable bonds is 5. The van der Waals surface area contributed by atoms with Crippen molar-refractivity contribution in [2.45, 2.75) is 38.3 Å². The predicted octanol–water partition coefficient (Wildman–Crippen LogP) is 3.24. The topological polar surface area (TPSA) is 78.0 Å². The average molecular weight is 363 g/mol. The smallest absolute Gasteiger partial charge is 0.129 e. The molecule has 5 rings (SSSR count). The lowest BCUT2D eigenvalue weighted by atomic mass is 10.1. The lowest BCUT2D eigenvalue weighted by Gasteiger charge is -2.26. The minimum Gasteiger partial charge on any atom is -0.401 e. The van der Waals surface area contributed by atoms with Gasteiger partial charge in [-0.1, -0.05) is 18.2 Å². The molecule has 6 nitrogen and oxygen atoms in total. The molecule has 2 aromatic heterocycles. The van der Waals surface area contributed by atoms with Gasteiger partial charge in [0.2, 0.25) is 0 Å². The van der Waals surface area contributed by atoms with E-state index in [0.717, 1.165) is 54.0 Å². The summed E-state index contributed by atoms with van der Waals surface area (Å²) in [7, 11) is 0. The summed E-state index contributed by atoms with van der Waals surface area (Å²) in [5.74, 6) is 1.61. The Balaban J connectivity index is 1.58. The van der Waals surface area contributed by atoms with E-state index in [9.17, 15) is 0 Å². The number of nitrogens with one attached hydrogen (secondary N) is 1. The van der Waals surface area contributed by atoms with Gasteiger partial charge in [0.05, 0.1) is 23.8 Å². The third-order valence-corrected chi connectivity index (χ3v) is 5.63. The highest BCUT2D eigenvalue weighted by Crippen LogP contribution is 2.34. The molecule has 0 spiro atoms. The normalized spacial score (nSPS) is 19.0. The maximum atomic E-state index is 6.12. The first-order valence-electron chi connectivity index (χ1n) is 9.82. The van der Waals surface area contributed by atoms with Gasteiger partial charge in [0.15, 0.2) is 0 Å². The fourth-order valence-corrected chi connectivity index (χ4v) is 4.03. The van der Waals surface area contributed by atoms with Crippen LogP contribution in [0.5, 0.6) is 0 Å². The molecule has 1 aliphatic carbocycles. The molecule has 3 aromatic rings. The quantitative estimate of drug-likeness (QED) is 0.728. The van der Waals surface area contributed by atoms with Crippen LogP contribution in [0.25, 0.3) is 21.9 Å². The molecule has 1 saturated carbocycles. The van der Waals surface area contributed by atoms with Crippen LogP contribution in [0.2, 0.25) is 0 Å². The number of aromatic nitrogens is 3. The zero-order chi connectivity index (χ0) is 18.2. The molecule has 0 atom stereocenters. The van der Waals surface area contributed by atoms with E-state index in [1.54, 1.807) is 0 Å². The van der Waals surface area contributed by atoms with Gasteiger partial charge >= 0.3 is 0 Å². The molecule has 1 aliphatic heterocycles. The number of pyridine rings is 1. The summed E-state index contributed by atoms with van der Waals surface area (Å²) in [6.07, 6.45) is 8.29. The number of allylic oxidation sites excluding steroid dienone is 1. The minimum atomic E-state index is 0.399. The second-order valence-corrected chi connectivity index (χ2v) is 7.55. The molecule has 3 heterocycles. The van der Waals surface area contributed by atoms with E-state index in [2.05, 4.69) is 33.1 Å². The zero-order valence-corrected chi connectivity index (χ0v) is 15.4. The highest BCUT2D eigenvalue weighted by molar-refractivity contribution is 6.02. The fourth-order valence-electron chi connectivity index (χ4n) is 4.03. The van der Waals surface area contributed by atoms with Crippen LogP contribution in [0.1, 0.15) is 37.5 Å². The standard InChI is InChI=1S/C21H25N5O/c22-17(14-5-6-14)11-23-13-20-25-19-12-24-18-4-2-1-3-16(18)21(19)26(20)15-7-9-27-10-8-15/h1-4,11-12,14-15,23H,5-10,13,22H2/b17-11-. The zero-order valence-electron chi connectivity index (χ0n) is 15.4. The molecule has 0 bridgehead atoms. The first-order chi connectivity index (χ1) is 13.3. The Hall–Kier alpha value is -2.60. The number of nitrogens with zero attached hydrogens (tertiary/aromatic N) is 3. The van der Waals surface area contributed by atoms with Gasteiger partial charge in [0, 0.05) is 36.5 Å². The van der Waals surface area contributed by atoms with Crippen molar-refractivity contribution < 1.29 is 4.74 Å². The van der Waals surface area contributed by atoms with Gasteiger partial charge in [-0.25, -0.2) is 4.98 Å². The van der Waals surface area contributed by atoms with Crippen LogP contribution in [-0.2, 0) is 11.3 Å². The molecule has 1 saturated heterocycles. The molecule has 0 unspecified atom stereocenters. The summed E-state index contributed by atoms with van der Waals surface area (Å²) in [5, 5.41) is 4.55. The second-order valence-electron chi connectivity index (χ2n) is 7.55. The lowest BCUT2D eigenvalue weighted by Crippen LogP contribution is -2.23. The fraction of sp³-hybridized carbons (Fsp3) is 0.429. The Kier molecular flexibility index (Phi) is 4.20. The minimum absolute atomic E-state index is 0.399. The van der Waals surface area contributed by atoms with E-state index in [1.165, 1.54) is 18.4 Å². The summed E-state index contributed by atoms with van der Waals surface area (Å²) in [6.45, 7) is 2.26. The van der Waals surface area contributed by atoms with Crippen LogP contribution >= 0.6 is 0 Å². The Bertz CT molecular complexity index is 998. The Morgan fingerprint density at radius 3 is 2.81 bits per heavy atom. The summed E-state index contributed by atoms with van der Waals surface area (Å²) < 4.78 is 8.01. The molecule has 2 aliphatic rings. The van der Waals surface area contributed by atoms with Crippen molar-refractivity contribution in [1.82, 2.24) is 19.9 Å². The van der Waals surface area contributed by atoms with Gasteiger partial charge in [-0.3, -0.25) is 4.98 Å².